The standard InChI is InChI=1S/C27H33N3O4S.CH4O3S/c1-32-24-8-6-20(17-25(24)33-2)21(18-28)16-23-7-9-26(35-23)30-14-10-22(11-15-30)34-27(31)19-29-12-4-3-5-13-29;1-5(2,3)4/h6-9,16-17,22H,3-5,10-15,19H2,1-2H3;1H3,(H,2,3,4). The van der Waals surface area contributed by atoms with E-state index in [-0.39, 0.29) is 12.1 Å². The van der Waals surface area contributed by atoms with Crippen molar-refractivity contribution in [1.29, 1.82) is 5.26 Å². The highest BCUT2D eigenvalue weighted by Crippen LogP contribution is 2.34. The number of hydrogen-bond donors (Lipinski definition) is 1. The number of carbonyl (C=O) groups is 1. The minimum atomic E-state index is -3.67. The van der Waals surface area contributed by atoms with Gasteiger partial charge in [-0.25, -0.2) is 0 Å². The largest absolute Gasteiger partial charge is 0.493 e. The molecule has 0 amide bonds. The Hall–Kier alpha value is -3.11. The fraction of sp³-hybridized carbons (Fsp3) is 0.500. The predicted octanol–water partition coefficient (Wildman–Crippen LogP) is 4.33. The number of ether oxygens (including phenoxy) is 3. The number of esters is 1. The number of rotatable bonds is 8. The van der Waals surface area contributed by atoms with E-state index < -0.39 is 10.1 Å². The molecule has 40 heavy (non-hydrogen) atoms. The number of carbonyl (C=O) groups excluding carboxylic acids is 1. The molecule has 0 spiro atoms. The summed E-state index contributed by atoms with van der Waals surface area (Å²) in [6.07, 6.45) is 7.91. The summed E-state index contributed by atoms with van der Waals surface area (Å²) in [5.41, 5.74) is 1.35. The van der Waals surface area contributed by atoms with Crippen LogP contribution in [0.3, 0.4) is 0 Å². The van der Waals surface area contributed by atoms with E-state index in [1.165, 1.54) is 24.3 Å². The van der Waals surface area contributed by atoms with Crippen LogP contribution in [0.5, 0.6) is 11.5 Å². The van der Waals surface area contributed by atoms with Gasteiger partial charge in [-0.05, 0) is 67.9 Å². The van der Waals surface area contributed by atoms with Gasteiger partial charge in [0.2, 0.25) is 0 Å². The van der Waals surface area contributed by atoms with E-state index in [0.717, 1.165) is 49.5 Å². The minimum Gasteiger partial charge on any atom is -0.493 e. The molecule has 10 nitrogen and oxygen atoms in total. The fourth-order valence-electron chi connectivity index (χ4n) is 4.63. The highest BCUT2D eigenvalue weighted by Gasteiger charge is 2.24. The molecule has 2 saturated heterocycles. The van der Waals surface area contributed by atoms with Gasteiger partial charge in [0, 0.05) is 30.8 Å². The number of methoxy groups -OCH3 is 2. The van der Waals surface area contributed by atoms with Crippen LogP contribution in [-0.2, 0) is 19.6 Å². The molecule has 2 aromatic rings. The van der Waals surface area contributed by atoms with E-state index in [2.05, 4.69) is 21.9 Å². The molecular formula is C28H37N3O7S2. The van der Waals surface area contributed by atoms with Crippen LogP contribution in [0.2, 0.25) is 0 Å². The summed E-state index contributed by atoms with van der Waals surface area (Å²) in [6, 6.07) is 11.9. The maximum absolute atomic E-state index is 12.3. The van der Waals surface area contributed by atoms with Gasteiger partial charge in [0.1, 0.15) is 6.10 Å². The topological polar surface area (TPSA) is 129 Å². The third-order valence-electron chi connectivity index (χ3n) is 6.57. The molecule has 1 aromatic heterocycles. The Bertz CT molecular complexity index is 1300. The molecule has 1 aromatic carbocycles. The number of likely N-dealkylation sites (tertiary alicyclic amines) is 1. The van der Waals surface area contributed by atoms with Crippen molar-refractivity contribution in [3.63, 3.8) is 0 Å². The highest BCUT2D eigenvalue weighted by atomic mass is 32.2. The second-order valence-corrected chi connectivity index (χ2v) is 12.2. The third kappa shape index (κ3) is 10.1. The van der Waals surface area contributed by atoms with E-state index in [1.54, 1.807) is 25.6 Å². The van der Waals surface area contributed by atoms with Crippen molar-refractivity contribution in [1.82, 2.24) is 4.90 Å². The van der Waals surface area contributed by atoms with Crippen molar-refractivity contribution in [2.45, 2.75) is 38.2 Å². The van der Waals surface area contributed by atoms with Crippen LogP contribution in [0.25, 0.3) is 11.6 Å². The second kappa shape index (κ2) is 15.0. The lowest BCUT2D eigenvalue weighted by Gasteiger charge is -2.33. The van der Waals surface area contributed by atoms with Crippen molar-refractivity contribution in [3.05, 3.63) is 40.8 Å². The maximum atomic E-state index is 12.3. The summed E-state index contributed by atoms with van der Waals surface area (Å²) in [6.45, 7) is 4.13. The molecule has 0 aliphatic carbocycles. The van der Waals surface area contributed by atoms with E-state index in [1.807, 2.05) is 30.3 Å². The lowest BCUT2D eigenvalue weighted by Crippen LogP contribution is -2.40. The summed E-state index contributed by atoms with van der Waals surface area (Å²) in [5, 5.41) is 10.9. The predicted molar refractivity (Wildman–Crippen MR) is 156 cm³/mol. The van der Waals surface area contributed by atoms with E-state index in [4.69, 9.17) is 18.8 Å². The zero-order chi connectivity index (χ0) is 29.1. The molecule has 2 aliphatic heterocycles. The minimum absolute atomic E-state index is 0.00175. The van der Waals surface area contributed by atoms with Crippen molar-refractivity contribution < 1.29 is 32.0 Å². The van der Waals surface area contributed by atoms with Gasteiger partial charge in [0.25, 0.3) is 10.1 Å². The quantitative estimate of drug-likeness (QED) is 0.269. The Morgan fingerprint density at radius 2 is 1.73 bits per heavy atom. The Morgan fingerprint density at radius 3 is 2.33 bits per heavy atom. The van der Waals surface area contributed by atoms with Crippen molar-refractivity contribution >= 4 is 44.1 Å². The molecule has 0 bridgehead atoms. The summed E-state index contributed by atoms with van der Waals surface area (Å²) < 4.78 is 42.3. The summed E-state index contributed by atoms with van der Waals surface area (Å²) in [4.78, 5) is 17.9. The van der Waals surface area contributed by atoms with Crippen LogP contribution in [0, 0.1) is 11.3 Å². The van der Waals surface area contributed by atoms with Crippen LogP contribution in [-0.4, -0.2) is 83.1 Å². The molecule has 0 unspecified atom stereocenters. The number of benzene rings is 1. The first kappa shape index (κ1) is 31.4. The normalized spacial score (nSPS) is 16.9. The molecule has 3 heterocycles. The van der Waals surface area contributed by atoms with Gasteiger partial charge >= 0.3 is 5.97 Å². The molecule has 12 heteroatoms. The van der Waals surface area contributed by atoms with Crippen LogP contribution in [0.15, 0.2) is 30.3 Å². The Balaban J connectivity index is 0.000000810. The Morgan fingerprint density at radius 1 is 1.07 bits per heavy atom. The van der Waals surface area contributed by atoms with E-state index in [9.17, 15) is 18.5 Å². The highest BCUT2D eigenvalue weighted by molar-refractivity contribution is 7.85. The fourth-order valence-corrected chi connectivity index (χ4v) is 5.64. The van der Waals surface area contributed by atoms with Gasteiger partial charge in [0.15, 0.2) is 11.5 Å². The molecule has 2 fully saturated rings. The zero-order valence-electron chi connectivity index (χ0n) is 23.2. The van der Waals surface area contributed by atoms with Crippen molar-refractivity contribution in [2.24, 2.45) is 0 Å². The number of allylic oxidation sites excluding steroid dienone is 1. The van der Waals surface area contributed by atoms with Gasteiger partial charge in [-0.1, -0.05) is 6.42 Å². The maximum Gasteiger partial charge on any atom is 0.320 e. The smallest absolute Gasteiger partial charge is 0.320 e. The Kier molecular flexibility index (Phi) is 11.8. The number of piperidine rings is 2. The molecule has 4 rings (SSSR count). The first-order chi connectivity index (χ1) is 19.1. The lowest BCUT2D eigenvalue weighted by atomic mass is 10.1. The van der Waals surface area contributed by atoms with Gasteiger partial charge in [-0.2, -0.15) is 13.7 Å². The van der Waals surface area contributed by atoms with Gasteiger partial charge < -0.3 is 19.1 Å². The first-order valence-electron chi connectivity index (χ1n) is 13.1. The van der Waals surface area contributed by atoms with Crippen LogP contribution in [0.4, 0.5) is 5.00 Å². The third-order valence-corrected chi connectivity index (χ3v) is 7.66. The molecule has 0 saturated carbocycles. The lowest BCUT2D eigenvalue weighted by molar-refractivity contribution is -0.151. The number of nitriles is 1. The molecule has 1 N–H and O–H groups in total. The SMILES string of the molecule is COc1ccc(C(C#N)=Cc2ccc(N3CCC(OC(=O)CN4CCCCC4)CC3)s2)cc1OC.CS(=O)(=O)O. The van der Waals surface area contributed by atoms with Gasteiger partial charge in [0.05, 0.1) is 43.7 Å². The average molecular weight is 592 g/mol. The molecule has 218 valence electrons. The summed E-state index contributed by atoms with van der Waals surface area (Å²) >= 11 is 1.66. The molecule has 2 aliphatic rings. The summed E-state index contributed by atoms with van der Waals surface area (Å²) in [5.74, 6) is 1.14. The average Bonchev–Trinajstić information content (AvgIpc) is 3.40. The molecule has 0 atom stereocenters. The van der Waals surface area contributed by atoms with Gasteiger partial charge in [-0.15, -0.1) is 11.3 Å². The van der Waals surface area contributed by atoms with Crippen LogP contribution >= 0.6 is 11.3 Å². The van der Waals surface area contributed by atoms with Crippen molar-refractivity contribution in [3.8, 4) is 17.6 Å². The molecule has 0 radical (unpaired) electrons. The van der Waals surface area contributed by atoms with Crippen LogP contribution < -0.4 is 14.4 Å². The first-order valence-corrected chi connectivity index (χ1v) is 15.8. The second-order valence-electron chi connectivity index (χ2n) is 9.66. The van der Waals surface area contributed by atoms with Gasteiger partial charge in [-0.3, -0.25) is 14.2 Å². The summed E-state index contributed by atoms with van der Waals surface area (Å²) in [7, 11) is -0.490. The Labute approximate surface area is 240 Å². The zero-order valence-corrected chi connectivity index (χ0v) is 24.8. The monoisotopic (exact) mass is 591 g/mol. The van der Waals surface area contributed by atoms with E-state index >= 15 is 0 Å². The van der Waals surface area contributed by atoms with Crippen molar-refractivity contribution in [2.75, 3.05) is 58.1 Å². The number of hydrogen-bond acceptors (Lipinski definition) is 10. The van der Waals surface area contributed by atoms with Crippen LogP contribution in [0.1, 0.15) is 42.5 Å². The molecular weight excluding hydrogens is 554 g/mol. The van der Waals surface area contributed by atoms with E-state index in [0.29, 0.717) is 29.9 Å². The number of anilines is 1. The number of nitrogens with zero attached hydrogens (tertiary/aromatic N) is 3. The number of thiophene rings is 1.